The van der Waals surface area contributed by atoms with Crippen LogP contribution in [0.1, 0.15) is 10.4 Å². The molecule has 1 aliphatic rings. The highest BCUT2D eigenvalue weighted by molar-refractivity contribution is 7.92. The minimum absolute atomic E-state index is 0.0429. The van der Waals surface area contributed by atoms with Crippen molar-refractivity contribution in [3.8, 4) is 21.7 Å². The van der Waals surface area contributed by atoms with Gasteiger partial charge in [-0.05, 0) is 47.2 Å². The number of hydrogen-bond donors (Lipinski definition) is 2. The minimum Gasteiger partial charge on any atom is -0.298 e. The number of hydrogen-bond acceptors (Lipinski definition) is 5. The summed E-state index contributed by atoms with van der Waals surface area (Å²) in [6.45, 7) is 0. The number of nitrogens with zero attached hydrogens (tertiary/aromatic N) is 1. The van der Waals surface area contributed by atoms with Gasteiger partial charge in [-0.1, -0.05) is 71.5 Å². The van der Waals surface area contributed by atoms with Gasteiger partial charge in [0.1, 0.15) is 0 Å². The summed E-state index contributed by atoms with van der Waals surface area (Å²) < 4.78 is 28.2. The maximum atomic E-state index is 13.2. The number of rotatable bonds is 5. The molecule has 0 fully saturated rings. The number of nitrogens with one attached hydrogen (secondary N) is 2. The van der Waals surface area contributed by atoms with Crippen LogP contribution in [0.3, 0.4) is 0 Å². The molecule has 2 N–H and O–H groups in total. The van der Waals surface area contributed by atoms with Crippen molar-refractivity contribution in [2.24, 2.45) is 0 Å². The number of benzene rings is 4. The molecule has 0 aliphatic heterocycles. The fraction of sp³-hybridized carbons (Fsp3) is 0. The van der Waals surface area contributed by atoms with Gasteiger partial charge < -0.3 is 0 Å². The van der Waals surface area contributed by atoms with Gasteiger partial charge in [0, 0.05) is 16.1 Å². The third-order valence-corrected chi connectivity index (χ3v) is 8.43. The van der Waals surface area contributed by atoms with Crippen LogP contribution < -0.4 is 10.0 Å². The lowest BCUT2D eigenvalue weighted by Crippen LogP contribution is -2.18. The first kappa shape index (κ1) is 21.8. The molecule has 1 amide bonds. The third kappa shape index (κ3) is 3.76. The minimum atomic E-state index is -3.91. The van der Waals surface area contributed by atoms with Crippen molar-refractivity contribution in [3.63, 3.8) is 0 Å². The number of carbonyl (C=O) groups excluding carboxylic acids is 1. The predicted molar refractivity (Wildman–Crippen MR) is 141 cm³/mol. The van der Waals surface area contributed by atoms with Crippen molar-refractivity contribution >= 4 is 60.5 Å². The SMILES string of the molecule is O=C(Nc1nc2c(s1)-c1cccc3cccc-2c13)c1ccccc1NS(=O)(=O)c1ccc(Cl)cc1. The first-order valence-electron chi connectivity index (χ1n) is 10.6. The van der Waals surface area contributed by atoms with Crippen LogP contribution in [0.25, 0.3) is 32.5 Å². The molecule has 0 atom stereocenters. The standard InChI is InChI=1S/C26H16ClN3O3S2/c27-16-11-13-17(14-12-16)35(32,33)30-21-10-2-1-7-18(21)25(31)29-26-28-23-19-8-3-5-15-6-4-9-20(22(15)19)24(23)34-26/h1-14,30H,(H,28,29,31). The molecule has 172 valence electrons. The van der Waals surface area contributed by atoms with Crippen molar-refractivity contribution in [3.05, 3.63) is 95.5 Å². The van der Waals surface area contributed by atoms with Crippen molar-refractivity contribution in [2.75, 3.05) is 10.0 Å². The molecule has 1 aromatic heterocycles. The molecular weight excluding hydrogens is 502 g/mol. The molecule has 0 saturated carbocycles. The Morgan fingerprint density at radius 1 is 0.857 bits per heavy atom. The number of thiazole rings is 1. The smallest absolute Gasteiger partial charge is 0.261 e. The molecule has 6 rings (SSSR count). The number of aromatic nitrogens is 1. The Kier molecular flexibility index (Phi) is 5.10. The Morgan fingerprint density at radius 2 is 1.57 bits per heavy atom. The van der Waals surface area contributed by atoms with Crippen LogP contribution in [0.5, 0.6) is 0 Å². The summed E-state index contributed by atoms with van der Waals surface area (Å²) in [6, 6.07) is 24.5. The lowest BCUT2D eigenvalue weighted by molar-refractivity contribution is 0.102. The second kappa shape index (κ2) is 8.20. The Balaban J connectivity index is 1.29. The van der Waals surface area contributed by atoms with Gasteiger partial charge in [0.15, 0.2) is 5.13 Å². The molecule has 4 aromatic carbocycles. The summed E-state index contributed by atoms with van der Waals surface area (Å²) >= 11 is 7.27. The number of fused-ring (bicyclic) bond motifs is 3. The van der Waals surface area contributed by atoms with Crippen LogP contribution in [0, 0.1) is 0 Å². The van der Waals surface area contributed by atoms with Crippen molar-refractivity contribution < 1.29 is 13.2 Å². The first-order valence-corrected chi connectivity index (χ1v) is 13.3. The highest BCUT2D eigenvalue weighted by atomic mass is 35.5. The largest absolute Gasteiger partial charge is 0.298 e. The van der Waals surface area contributed by atoms with E-state index in [1.54, 1.807) is 24.3 Å². The maximum Gasteiger partial charge on any atom is 0.261 e. The van der Waals surface area contributed by atoms with E-state index in [4.69, 9.17) is 16.6 Å². The van der Waals surface area contributed by atoms with Gasteiger partial charge in [-0.3, -0.25) is 14.8 Å². The van der Waals surface area contributed by atoms with Crippen molar-refractivity contribution in [2.45, 2.75) is 4.90 Å². The maximum absolute atomic E-state index is 13.2. The van der Waals surface area contributed by atoms with Crippen LogP contribution >= 0.6 is 22.9 Å². The zero-order chi connectivity index (χ0) is 24.2. The fourth-order valence-electron chi connectivity index (χ4n) is 4.22. The summed E-state index contributed by atoms with van der Waals surface area (Å²) in [5.74, 6) is -0.460. The molecule has 9 heteroatoms. The number of anilines is 2. The predicted octanol–water partition coefficient (Wildman–Crippen LogP) is 6.65. The lowest BCUT2D eigenvalue weighted by atomic mass is 10.0. The average Bonchev–Trinajstić information content (AvgIpc) is 3.39. The van der Waals surface area contributed by atoms with Crippen molar-refractivity contribution in [1.82, 2.24) is 4.98 Å². The third-order valence-electron chi connectivity index (χ3n) is 5.79. The number of carbonyl (C=O) groups is 1. The number of amides is 1. The van der Waals surface area contributed by atoms with E-state index in [2.05, 4.69) is 28.2 Å². The Labute approximate surface area is 210 Å². The van der Waals surface area contributed by atoms with Crippen LogP contribution in [0.2, 0.25) is 5.02 Å². The summed E-state index contributed by atoms with van der Waals surface area (Å²) in [6.07, 6.45) is 0. The highest BCUT2D eigenvalue weighted by Gasteiger charge is 2.26. The van der Waals surface area contributed by atoms with Crippen LogP contribution in [0.15, 0.2) is 89.8 Å². The van der Waals surface area contributed by atoms with E-state index in [1.807, 2.05) is 18.2 Å². The number of sulfonamides is 1. The molecule has 6 nitrogen and oxygen atoms in total. The molecule has 1 heterocycles. The van der Waals surface area contributed by atoms with Crippen LogP contribution in [-0.4, -0.2) is 19.3 Å². The van der Waals surface area contributed by atoms with Gasteiger partial charge in [-0.25, -0.2) is 13.4 Å². The molecule has 0 saturated heterocycles. The van der Waals surface area contributed by atoms with Crippen molar-refractivity contribution in [1.29, 1.82) is 0 Å². The van der Waals surface area contributed by atoms with Gasteiger partial charge in [0.2, 0.25) is 0 Å². The average molecular weight is 518 g/mol. The molecule has 5 aromatic rings. The number of para-hydroxylation sites is 1. The van der Waals surface area contributed by atoms with E-state index >= 15 is 0 Å². The summed E-state index contributed by atoms with van der Waals surface area (Å²) in [5, 5.41) is 6.04. The molecule has 0 unspecified atom stereocenters. The van der Waals surface area contributed by atoms with Gasteiger partial charge in [0.05, 0.1) is 26.7 Å². The Hall–Kier alpha value is -3.72. The van der Waals surface area contributed by atoms with E-state index in [9.17, 15) is 13.2 Å². The van der Waals surface area contributed by atoms with E-state index in [0.29, 0.717) is 10.2 Å². The summed E-state index contributed by atoms with van der Waals surface area (Å²) in [4.78, 5) is 18.9. The zero-order valence-electron chi connectivity index (χ0n) is 17.9. The normalized spacial score (nSPS) is 11.9. The highest BCUT2D eigenvalue weighted by Crippen LogP contribution is 2.50. The quantitative estimate of drug-likeness (QED) is 0.268. The lowest BCUT2D eigenvalue weighted by Gasteiger charge is -2.12. The molecule has 1 aliphatic carbocycles. The first-order chi connectivity index (χ1) is 16.9. The van der Waals surface area contributed by atoms with Gasteiger partial charge in [-0.15, -0.1) is 0 Å². The molecule has 0 bridgehead atoms. The van der Waals surface area contributed by atoms with Gasteiger partial charge in [0.25, 0.3) is 15.9 Å². The molecule has 0 spiro atoms. The second-order valence-corrected chi connectivity index (χ2v) is 11.1. The monoisotopic (exact) mass is 517 g/mol. The Morgan fingerprint density at radius 3 is 2.34 bits per heavy atom. The summed E-state index contributed by atoms with van der Waals surface area (Å²) in [5.41, 5.74) is 3.33. The Bertz CT molecular complexity index is 1690. The van der Waals surface area contributed by atoms with E-state index in [0.717, 1.165) is 27.1 Å². The molecule has 0 radical (unpaired) electrons. The molecule has 35 heavy (non-hydrogen) atoms. The van der Waals surface area contributed by atoms with E-state index in [1.165, 1.54) is 41.0 Å². The second-order valence-electron chi connectivity index (χ2n) is 7.97. The van der Waals surface area contributed by atoms with Gasteiger partial charge >= 0.3 is 0 Å². The fourth-order valence-corrected chi connectivity index (χ4v) is 6.43. The topological polar surface area (TPSA) is 88.2 Å². The number of halogens is 1. The van der Waals surface area contributed by atoms with Crippen LogP contribution in [-0.2, 0) is 10.0 Å². The van der Waals surface area contributed by atoms with E-state index < -0.39 is 15.9 Å². The van der Waals surface area contributed by atoms with E-state index in [-0.39, 0.29) is 16.1 Å². The zero-order valence-corrected chi connectivity index (χ0v) is 20.3. The van der Waals surface area contributed by atoms with Gasteiger partial charge in [-0.2, -0.15) is 0 Å². The van der Waals surface area contributed by atoms with Crippen LogP contribution in [0.4, 0.5) is 10.8 Å². The summed E-state index contributed by atoms with van der Waals surface area (Å²) in [7, 11) is -3.91. The molecular formula is C26H16ClN3O3S2.